The molecular formula is C11H11NO. The van der Waals surface area contributed by atoms with E-state index < -0.39 is 0 Å². The summed E-state index contributed by atoms with van der Waals surface area (Å²) in [6.07, 6.45) is 3.36. The van der Waals surface area contributed by atoms with Crippen LogP contribution in [0.5, 0.6) is 0 Å². The molecule has 0 aliphatic rings. The highest BCUT2D eigenvalue weighted by atomic mass is 16.2. The Labute approximate surface area is 77.8 Å². The lowest BCUT2D eigenvalue weighted by molar-refractivity contribution is 0.343. The normalized spacial score (nSPS) is 10.2. The lowest BCUT2D eigenvalue weighted by atomic mass is 10.1. The molecule has 0 heterocycles. The maximum Gasteiger partial charge on any atom is 0.0998 e. The third kappa shape index (κ3) is 2.43. The van der Waals surface area contributed by atoms with E-state index in [4.69, 9.17) is 10.4 Å². The molecule has 0 aliphatic heterocycles. The van der Waals surface area contributed by atoms with E-state index >= 15 is 0 Å². The van der Waals surface area contributed by atoms with Crippen molar-refractivity contribution in [2.45, 2.75) is 6.92 Å². The van der Waals surface area contributed by atoms with E-state index in [0.717, 1.165) is 11.1 Å². The summed E-state index contributed by atoms with van der Waals surface area (Å²) in [5.74, 6) is 0. The molecule has 0 saturated heterocycles. The van der Waals surface area contributed by atoms with Crippen LogP contribution in [0.15, 0.2) is 24.3 Å². The van der Waals surface area contributed by atoms with Crippen LogP contribution >= 0.6 is 0 Å². The molecule has 1 aromatic rings. The van der Waals surface area contributed by atoms with Gasteiger partial charge in [0.1, 0.15) is 0 Å². The Balaban J connectivity index is 3.08. The number of rotatable bonds is 2. The molecule has 0 aliphatic carbocycles. The van der Waals surface area contributed by atoms with Gasteiger partial charge in [0, 0.05) is 0 Å². The van der Waals surface area contributed by atoms with Gasteiger partial charge in [0.2, 0.25) is 0 Å². The molecule has 0 saturated carbocycles. The van der Waals surface area contributed by atoms with Crippen LogP contribution in [-0.4, -0.2) is 11.7 Å². The Hall–Kier alpha value is -1.59. The zero-order valence-electron chi connectivity index (χ0n) is 7.49. The van der Waals surface area contributed by atoms with Crippen molar-refractivity contribution in [3.05, 3.63) is 41.0 Å². The fourth-order valence-electron chi connectivity index (χ4n) is 1.09. The molecule has 0 radical (unpaired) electrons. The van der Waals surface area contributed by atoms with Gasteiger partial charge >= 0.3 is 0 Å². The van der Waals surface area contributed by atoms with E-state index in [0.29, 0.717) is 5.56 Å². The maximum absolute atomic E-state index is 8.80. The molecule has 0 aromatic heterocycles. The molecule has 2 nitrogen and oxygen atoms in total. The van der Waals surface area contributed by atoms with Crippen molar-refractivity contribution in [2.75, 3.05) is 6.61 Å². The second-order valence-corrected chi connectivity index (χ2v) is 2.79. The molecule has 0 atom stereocenters. The highest BCUT2D eigenvalue weighted by Crippen LogP contribution is 2.11. The number of hydrogen-bond acceptors (Lipinski definition) is 2. The number of hydrogen-bond donors (Lipinski definition) is 1. The van der Waals surface area contributed by atoms with Gasteiger partial charge in [-0.1, -0.05) is 24.3 Å². The maximum atomic E-state index is 8.80. The predicted molar refractivity (Wildman–Crippen MR) is 52.0 cm³/mol. The van der Waals surface area contributed by atoms with Crippen LogP contribution in [0.25, 0.3) is 6.08 Å². The number of nitriles is 1. The Bertz CT molecular complexity index is 361. The molecule has 13 heavy (non-hydrogen) atoms. The van der Waals surface area contributed by atoms with Crippen LogP contribution in [0.4, 0.5) is 0 Å². The largest absolute Gasteiger partial charge is 0.392 e. The van der Waals surface area contributed by atoms with Crippen LogP contribution in [0.1, 0.15) is 16.7 Å². The first-order chi connectivity index (χ1) is 6.27. The van der Waals surface area contributed by atoms with Gasteiger partial charge in [0.05, 0.1) is 18.2 Å². The van der Waals surface area contributed by atoms with Crippen molar-refractivity contribution in [3.8, 4) is 6.07 Å². The van der Waals surface area contributed by atoms with Gasteiger partial charge in [-0.05, 0) is 24.1 Å². The predicted octanol–water partition coefficient (Wildman–Crippen LogP) is 1.87. The van der Waals surface area contributed by atoms with E-state index in [2.05, 4.69) is 6.07 Å². The summed E-state index contributed by atoms with van der Waals surface area (Å²) in [5.41, 5.74) is 2.56. The molecule has 1 rings (SSSR count). The molecule has 0 bridgehead atoms. The van der Waals surface area contributed by atoms with Crippen LogP contribution in [-0.2, 0) is 0 Å². The van der Waals surface area contributed by atoms with Crippen LogP contribution in [0, 0.1) is 18.3 Å². The first kappa shape index (κ1) is 9.50. The van der Waals surface area contributed by atoms with Gasteiger partial charge in [-0.3, -0.25) is 0 Å². The van der Waals surface area contributed by atoms with Crippen molar-refractivity contribution in [1.29, 1.82) is 5.26 Å². The Kier molecular flexibility index (Phi) is 3.24. The van der Waals surface area contributed by atoms with Crippen molar-refractivity contribution in [3.63, 3.8) is 0 Å². The van der Waals surface area contributed by atoms with E-state index in [1.807, 2.05) is 25.1 Å². The van der Waals surface area contributed by atoms with Gasteiger partial charge in [-0.25, -0.2) is 0 Å². The number of benzene rings is 1. The summed E-state index contributed by atoms with van der Waals surface area (Å²) >= 11 is 0. The molecule has 0 amide bonds. The summed E-state index contributed by atoms with van der Waals surface area (Å²) in [4.78, 5) is 0. The smallest absolute Gasteiger partial charge is 0.0998 e. The zero-order valence-corrected chi connectivity index (χ0v) is 7.49. The number of aliphatic hydroxyl groups excluding tert-OH is 1. The fraction of sp³-hybridized carbons (Fsp3) is 0.182. The Morgan fingerprint density at radius 2 is 2.31 bits per heavy atom. The average Bonchev–Trinajstić information content (AvgIpc) is 2.16. The first-order valence-electron chi connectivity index (χ1n) is 4.06. The lowest BCUT2D eigenvalue weighted by Crippen LogP contribution is -1.84. The Morgan fingerprint density at radius 3 is 2.92 bits per heavy atom. The monoisotopic (exact) mass is 173 g/mol. The van der Waals surface area contributed by atoms with Crippen molar-refractivity contribution < 1.29 is 5.11 Å². The molecule has 1 N–H and O–H groups in total. The Morgan fingerprint density at radius 1 is 1.54 bits per heavy atom. The minimum absolute atomic E-state index is 0.00125. The SMILES string of the molecule is Cc1ccc(C=CCO)c(C#N)c1. The third-order valence-electron chi connectivity index (χ3n) is 1.73. The summed E-state index contributed by atoms with van der Waals surface area (Å²) in [5, 5.41) is 17.4. The summed E-state index contributed by atoms with van der Waals surface area (Å²) in [6.45, 7) is 1.94. The summed E-state index contributed by atoms with van der Waals surface area (Å²) < 4.78 is 0. The van der Waals surface area contributed by atoms with Gasteiger partial charge in [0.25, 0.3) is 0 Å². The van der Waals surface area contributed by atoms with E-state index in [1.54, 1.807) is 12.2 Å². The number of aryl methyl sites for hydroxylation is 1. The minimum Gasteiger partial charge on any atom is -0.392 e. The van der Waals surface area contributed by atoms with Crippen LogP contribution in [0.2, 0.25) is 0 Å². The summed E-state index contributed by atoms with van der Waals surface area (Å²) in [7, 11) is 0. The van der Waals surface area contributed by atoms with Crippen molar-refractivity contribution in [2.24, 2.45) is 0 Å². The van der Waals surface area contributed by atoms with Gasteiger partial charge in [-0.2, -0.15) is 5.26 Å². The van der Waals surface area contributed by atoms with Crippen molar-refractivity contribution >= 4 is 6.08 Å². The standard InChI is InChI=1S/C11H11NO/c1-9-4-5-10(3-2-6-13)11(7-9)8-12/h2-5,7,13H,6H2,1H3. The third-order valence-corrected chi connectivity index (χ3v) is 1.73. The minimum atomic E-state index is -0.00125. The average molecular weight is 173 g/mol. The molecule has 66 valence electrons. The molecular weight excluding hydrogens is 162 g/mol. The van der Waals surface area contributed by atoms with E-state index in [-0.39, 0.29) is 6.61 Å². The summed E-state index contributed by atoms with van der Waals surface area (Å²) in [6, 6.07) is 7.76. The van der Waals surface area contributed by atoms with Gasteiger partial charge in [-0.15, -0.1) is 0 Å². The highest BCUT2D eigenvalue weighted by molar-refractivity contribution is 5.58. The quantitative estimate of drug-likeness (QED) is 0.742. The zero-order chi connectivity index (χ0) is 9.68. The molecule has 0 spiro atoms. The molecule has 0 unspecified atom stereocenters. The topological polar surface area (TPSA) is 44.0 Å². The molecule has 1 aromatic carbocycles. The van der Waals surface area contributed by atoms with E-state index in [1.165, 1.54) is 0 Å². The second kappa shape index (κ2) is 4.44. The second-order valence-electron chi connectivity index (χ2n) is 2.79. The molecule has 0 fully saturated rings. The van der Waals surface area contributed by atoms with Gasteiger partial charge < -0.3 is 5.11 Å². The number of nitrogens with zero attached hydrogens (tertiary/aromatic N) is 1. The van der Waals surface area contributed by atoms with Crippen LogP contribution < -0.4 is 0 Å². The molecule has 2 heteroatoms. The number of aliphatic hydroxyl groups is 1. The fourth-order valence-corrected chi connectivity index (χ4v) is 1.09. The first-order valence-corrected chi connectivity index (χ1v) is 4.06. The van der Waals surface area contributed by atoms with E-state index in [9.17, 15) is 0 Å². The van der Waals surface area contributed by atoms with Crippen LogP contribution in [0.3, 0.4) is 0 Å². The highest BCUT2D eigenvalue weighted by Gasteiger charge is 1.97. The van der Waals surface area contributed by atoms with Gasteiger partial charge in [0.15, 0.2) is 0 Å². The van der Waals surface area contributed by atoms with Crippen molar-refractivity contribution in [1.82, 2.24) is 0 Å². The lowest BCUT2D eigenvalue weighted by Gasteiger charge is -1.98.